The summed E-state index contributed by atoms with van der Waals surface area (Å²) in [7, 11) is 0. The van der Waals surface area contributed by atoms with Crippen LogP contribution in [0, 0.1) is 11.3 Å². The Labute approximate surface area is 146 Å². The van der Waals surface area contributed by atoms with Crippen molar-refractivity contribution in [1.29, 1.82) is 5.26 Å². The summed E-state index contributed by atoms with van der Waals surface area (Å²) in [5.41, 5.74) is 1.01. The minimum atomic E-state index is 0.261. The van der Waals surface area contributed by atoms with Gasteiger partial charge < -0.3 is 14.5 Å². The summed E-state index contributed by atoms with van der Waals surface area (Å²) in [4.78, 5) is 6.60. The lowest BCUT2D eigenvalue weighted by molar-refractivity contribution is 0.0378. The molecule has 1 aliphatic heterocycles. The number of halogens is 1. The first-order valence-electron chi connectivity index (χ1n) is 7.97. The second kappa shape index (κ2) is 8.15. The van der Waals surface area contributed by atoms with Crippen molar-refractivity contribution in [2.45, 2.75) is 6.42 Å². The zero-order valence-electron chi connectivity index (χ0n) is 13.3. The monoisotopic (exact) mass is 346 g/mol. The fourth-order valence-electron chi connectivity index (χ4n) is 2.59. The smallest absolute Gasteiger partial charge is 0.232 e. The highest BCUT2D eigenvalue weighted by Crippen LogP contribution is 2.27. The van der Waals surface area contributed by atoms with E-state index in [2.05, 4.69) is 21.3 Å². The van der Waals surface area contributed by atoms with E-state index < -0.39 is 0 Å². The Morgan fingerprint density at radius 1 is 1.33 bits per heavy atom. The van der Waals surface area contributed by atoms with E-state index in [-0.39, 0.29) is 5.69 Å². The molecule has 0 saturated carbocycles. The number of nitriles is 1. The molecule has 0 bridgehead atoms. The van der Waals surface area contributed by atoms with Gasteiger partial charge in [0, 0.05) is 30.2 Å². The van der Waals surface area contributed by atoms with Gasteiger partial charge in [-0.05, 0) is 31.2 Å². The largest absolute Gasteiger partial charge is 0.419 e. The first-order chi connectivity index (χ1) is 11.8. The number of ether oxygens (including phenoxy) is 1. The Hall–Kier alpha value is -2.07. The van der Waals surface area contributed by atoms with Gasteiger partial charge in [-0.25, -0.2) is 0 Å². The molecule has 1 aromatic carbocycles. The van der Waals surface area contributed by atoms with Crippen molar-refractivity contribution in [3.8, 4) is 17.5 Å². The molecule has 0 unspecified atom stereocenters. The fraction of sp³-hybridized carbons (Fsp3) is 0.412. The Bertz CT molecular complexity index is 720. The first-order valence-corrected chi connectivity index (χ1v) is 8.35. The van der Waals surface area contributed by atoms with Crippen molar-refractivity contribution >= 4 is 17.5 Å². The number of anilines is 1. The highest BCUT2D eigenvalue weighted by molar-refractivity contribution is 6.30. The van der Waals surface area contributed by atoms with Crippen LogP contribution in [0.3, 0.4) is 0 Å². The van der Waals surface area contributed by atoms with Gasteiger partial charge in [-0.2, -0.15) is 10.2 Å². The van der Waals surface area contributed by atoms with Gasteiger partial charge in [0.25, 0.3) is 0 Å². The van der Waals surface area contributed by atoms with Gasteiger partial charge in [-0.3, -0.25) is 4.90 Å². The van der Waals surface area contributed by atoms with Crippen LogP contribution >= 0.6 is 11.6 Å². The average molecular weight is 347 g/mol. The van der Waals surface area contributed by atoms with E-state index in [1.165, 1.54) is 0 Å². The van der Waals surface area contributed by atoms with Crippen LogP contribution in [0.15, 0.2) is 28.7 Å². The standard InChI is InChI=1S/C17H19ClN4O2/c18-14-4-1-3-13(11-14)16-21-15(12-19)17(24-16)20-5-2-6-22-7-9-23-10-8-22/h1,3-4,11,20H,2,5-10H2. The van der Waals surface area contributed by atoms with E-state index in [0.29, 0.717) is 16.8 Å². The zero-order chi connectivity index (χ0) is 16.8. The maximum Gasteiger partial charge on any atom is 0.232 e. The van der Waals surface area contributed by atoms with Gasteiger partial charge in [0.15, 0.2) is 0 Å². The molecule has 1 aliphatic rings. The van der Waals surface area contributed by atoms with Crippen molar-refractivity contribution in [2.75, 3.05) is 44.7 Å². The predicted molar refractivity (Wildman–Crippen MR) is 92.0 cm³/mol. The Morgan fingerprint density at radius 3 is 2.92 bits per heavy atom. The van der Waals surface area contributed by atoms with Gasteiger partial charge in [-0.1, -0.05) is 17.7 Å². The number of aromatic nitrogens is 1. The summed E-state index contributed by atoms with van der Waals surface area (Å²) in [6.45, 7) is 5.27. The molecule has 7 heteroatoms. The molecule has 0 radical (unpaired) electrons. The molecule has 0 atom stereocenters. The molecule has 1 N–H and O–H groups in total. The lowest BCUT2D eigenvalue weighted by atomic mass is 10.2. The number of rotatable bonds is 6. The summed E-state index contributed by atoms with van der Waals surface area (Å²) >= 11 is 5.99. The normalized spacial score (nSPS) is 15.2. The summed E-state index contributed by atoms with van der Waals surface area (Å²) < 4.78 is 11.0. The Balaban J connectivity index is 1.58. The van der Waals surface area contributed by atoms with Crippen LogP contribution in [0.2, 0.25) is 5.02 Å². The average Bonchev–Trinajstić information content (AvgIpc) is 3.03. The Morgan fingerprint density at radius 2 is 2.17 bits per heavy atom. The van der Waals surface area contributed by atoms with Crippen LogP contribution in [-0.4, -0.2) is 49.3 Å². The van der Waals surface area contributed by atoms with E-state index in [4.69, 9.17) is 20.8 Å². The lowest BCUT2D eigenvalue weighted by Gasteiger charge is -2.26. The second-order valence-electron chi connectivity index (χ2n) is 5.55. The van der Waals surface area contributed by atoms with Gasteiger partial charge in [0.1, 0.15) is 6.07 Å². The van der Waals surface area contributed by atoms with Crippen LogP contribution in [0.5, 0.6) is 0 Å². The molecule has 2 aromatic rings. The number of oxazole rings is 1. The number of benzene rings is 1. The van der Waals surface area contributed by atoms with Crippen molar-refractivity contribution in [3.05, 3.63) is 35.0 Å². The van der Waals surface area contributed by atoms with Crippen LogP contribution < -0.4 is 5.32 Å². The molecule has 0 spiro atoms. The van der Waals surface area contributed by atoms with Crippen molar-refractivity contribution in [2.24, 2.45) is 0 Å². The van der Waals surface area contributed by atoms with Crippen molar-refractivity contribution in [1.82, 2.24) is 9.88 Å². The van der Waals surface area contributed by atoms with Crippen LogP contribution in [0.25, 0.3) is 11.5 Å². The molecule has 0 amide bonds. The minimum Gasteiger partial charge on any atom is -0.419 e. The zero-order valence-corrected chi connectivity index (χ0v) is 14.1. The van der Waals surface area contributed by atoms with E-state index in [1.54, 1.807) is 12.1 Å². The van der Waals surface area contributed by atoms with E-state index in [1.807, 2.05) is 12.1 Å². The van der Waals surface area contributed by atoms with Crippen LogP contribution in [0.4, 0.5) is 5.88 Å². The predicted octanol–water partition coefficient (Wildman–Crippen LogP) is 3.00. The van der Waals surface area contributed by atoms with Crippen molar-refractivity contribution < 1.29 is 9.15 Å². The molecule has 1 aromatic heterocycles. The highest BCUT2D eigenvalue weighted by atomic mass is 35.5. The SMILES string of the molecule is N#Cc1nc(-c2cccc(Cl)c2)oc1NCCCN1CCOCC1. The number of hydrogen-bond donors (Lipinski definition) is 1. The molecule has 1 saturated heterocycles. The number of nitrogens with zero attached hydrogens (tertiary/aromatic N) is 3. The van der Waals surface area contributed by atoms with E-state index in [9.17, 15) is 5.26 Å². The summed E-state index contributed by atoms with van der Waals surface area (Å²) in [5, 5.41) is 13.0. The van der Waals surface area contributed by atoms with Gasteiger partial charge in [0.2, 0.25) is 17.5 Å². The fourth-order valence-corrected chi connectivity index (χ4v) is 2.78. The van der Waals surface area contributed by atoms with Crippen LogP contribution in [0.1, 0.15) is 12.1 Å². The van der Waals surface area contributed by atoms with E-state index >= 15 is 0 Å². The molecular formula is C17H19ClN4O2. The van der Waals surface area contributed by atoms with Gasteiger partial charge in [0.05, 0.1) is 13.2 Å². The molecule has 24 heavy (non-hydrogen) atoms. The van der Waals surface area contributed by atoms with Gasteiger partial charge >= 0.3 is 0 Å². The summed E-state index contributed by atoms with van der Waals surface area (Å²) in [5.74, 6) is 0.805. The second-order valence-corrected chi connectivity index (χ2v) is 5.99. The van der Waals surface area contributed by atoms with Gasteiger partial charge in [-0.15, -0.1) is 0 Å². The lowest BCUT2D eigenvalue weighted by Crippen LogP contribution is -2.37. The van der Waals surface area contributed by atoms with E-state index in [0.717, 1.165) is 51.4 Å². The molecule has 1 fully saturated rings. The first kappa shape index (κ1) is 16.8. The summed E-state index contributed by atoms with van der Waals surface area (Å²) in [6, 6.07) is 9.28. The molecule has 126 valence electrons. The van der Waals surface area contributed by atoms with Crippen molar-refractivity contribution in [3.63, 3.8) is 0 Å². The molecule has 2 heterocycles. The topological polar surface area (TPSA) is 74.3 Å². The third-order valence-electron chi connectivity index (χ3n) is 3.85. The maximum absolute atomic E-state index is 9.23. The molecule has 3 rings (SSSR count). The number of nitrogens with one attached hydrogen (secondary N) is 1. The van der Waals surface area contributed by atoms with Crippen LogP contribution in [-0.2, 0) is 4.74 Å². The quantitative estimate of drug-likeness (QED) is 0.810. The number of morpholine rings is 1. The summed E-state index contributed by atoms with van der Waals surface area (Å²) in [6.07, 6.45) is 0.956. The maximum atomic E-state index is 9.23. The molecular weight excluding hydrogens is 328 g/mol. The molecule has 0 aliphatic carbocycles. The minimum absolute atomic E-state index is 0.261. The Kier molecular flexibility index (Phi) is 5.70. The molecule has 6 nitrogen and oxygen atoms in total. The number of hydrogen-bond acceptors (Lipinski definition) is 6. The third kappa shape index (κ3) is 4.26. The third-order valence-corrected chi connectivity index (χ3v) is 4.08. The highest BCUT2D eigenvalue weighted by Gasteiger charge is 2.15.